The van der Waals surface area contributed by atoms with Crippen molar-refractivity contribution in [1.29, 1.82) is 0 Å². The van der Waals surface area contributed by atoms with Crippen LogP contribution in [0.15, 0.2) is 67.0 Å². The minimum Gasteiger partial charge on any atom is -0.490 e. The number of carboxylic acid groups (broad SMARTS) is 1. The van der Waals surface area contributed by atoms with Crippen molar-refractivity contribution in [3.63, 3.8) is 0 Å². The first kappa shape index (κ1) is 25.1. The molecule has 0 spiro atoms. The Kier molecular flexibility index (Phi) is 6.68. The highest BCUT2D eigenvalue weighted by Gasteiger charge is 2.37. The fourth-order valence-corrected chi connectivity index (χ4v) is 6.77. The second-order valence-electron chi connectivity index (χ2n) is 11.5. The summed E-state index contributed by atoms with van der Waals surface area (Å²) in [6.07, 6.45) is 12.9. The van der Waals surface area contributed by atoms with Crippen LogP contribution in [0.5, 0.6) is 17.2 Å². The molecule has 2 saturated carbocycles. The molecule has 2 aliphatic carbocycles. The minimum atomic E-state index is -1.04. The van der Waals surface area contributed by atoms with E-state index in [2.05, 4.69) is 39.1 Å². The molecular formula is C33H35N3O4. The summed E-state index contributed by atoms with van der Waals surface area (Å²) in [5.41, 5.74) is 4.00. The van der Waals surface area contributed by atoms with Crippen LogP contribution in [0.25, 0.3) is 11.0 Å². The lowest BCUT2D eigenvalue weighted by Gasteiger charge is -2.38. The van der Waals surface area contributed by atoms with Gasteiger partial charge >= 0.3 is 5.97 Å². The molecule has 3 aliphatic rings. The smallest absolute Gasteiger partial charge is 0.339 e. The normalized spacial score (nSPS) is 23.4. The number of hydrogen-bond donors (Lipinski definition) is 2. The van der Waals surface area contributed by atoms with Gasteiger partial charge in [0, 0.05) is 29.7 Å². The molecule has 1 unspecified atom stereocenters. The maximum absolute atomic E-state index is 11.9. The molecule has 2 N–H and O–H groups in total. The Morgan fingerprint density at radius 2 is 1.75 bits per heavy atom. The van der Waals surface area contributed by atoms with Crippen LogP contribution in [0.4, 0.5) is 0 Å². The number of pyridine rings is 1. The average molecular weight is 538 g/mol. The summed E-state index contributed by atoms with van der Waals surface area (Å²) in [5, 5.41) is 10.6. The molecule has 206 valence electrons. The molecule has 1 aliphatic heterocycles. The average Bonchev–Trinajstić information content (AvgIpc) is 3.51. The van der Waals surface area contributed by atoms with Crippen LogP contribution in [0.1, 0.15) is 84.8 Å². The first-order valence-electron chi connectivity index (χ1n) is 14.6. The topological polar surface area (TPSA) is 87.7 Å². The number of H-pyrrole nitrogens is 1. The second kappa shape index (κ2) is 10.6. The predicted octanol–water partition coefficient (Wildman–Crippen LogP) is 7.46. The molecule has 0 bridgehead atoms. The fourth-order valence-electron chi connectivity index (χ4n) is 6.77. The van der Waals surface area contributed by atoms with Crippen molar-refractivity contribution in [3.8, 4) is 17.2 Å². The van der Waals surface area contributed by atoms with Crippen LogP contribution >= 0.6 is 0 Å². The van der Waals surface area contributed by atoms with E-state index in [9.17, 15) is 9.90 Å². The van der Waals surface area contributed by atoms with Crippen LogP contribution in [-0.4, -0.2) is 44.6 Å². The second-order valence-corrected chi connectivity index (χ2v) is 11.5. The van der Waals surface area contributed by atoms with Crippen molar-refractivity contribution in [2.45, 2.75) is 75.5 Å². The first-order valence-corrected chi connectivity index (χ1v) is 14.6. The highest BCUT2D eigenvalue weighted by Crippen LogP contribution is 2.47. The summed E-state index contributed by atoms with van der Waals surface area (Å²) < 4.78 is 12.4. The summed E-state index contributed by atoms with van der Waals surface area (Å²) in [7, 11) is 0. The van der Waals surface area contributed by atoms with Crippen molar-refractivity contribution in [2.24, 2.45) is 0 Å². The van der Waals surface area contributed by atoms with E-state index in [1.54, 1.807) is 35.5 Å². The zero-order valence-corrected chi connectivity index (χ0v) is 22.6. The monoisotopic (exact) mass is 537 g/mol. The van der Waals surface area contributed by atoms with E-state index < -0.39 is 5.97 Å². The van der Waals surface area contributed by atoms with Gasteiger partial charge in [-0.25, -0.2) is 9.78 Å². The van der Waals surface area contributed by atoms with Crippen molar-refractivity contribution in [2.75, 3.05) is 6.54 Å². The molecule has 3 heterocycles. The van der Waals surface area contributed by atoms with Crippen LogP contribution in [0.3, 0.4) is 0 Å². The van der Waals surface area contributed by atoms with E-state index in [4.69, 9.17) is 9.47 Å². The third-order valence-corrected chi connectivity index (χ3v) is 8.87. The lowest BCUT2D eigenvalue weighted by molar-refractivity contribution is 0.0693. The van der Waals surface area contributed by atoms with Gasteiger partial charge in [0.2, 0.25) is 0 Å². The number of hydrogen-bond acceptors (Lipinski definition) is 5. The molecular weight excluding hydrogens is 502 g/mol. The van der Waals surface area contributed by atoms with E-state index >= 15 is 0 Å². The van der Waals surface area contributed by atoms with E-state index in [-0.39, 0.29) is 17.4 Å². The summed E-state index contributed by atoms with van der Waals surface area (Å²) in [5.74, 6) is 1.11. The first-order chi connectivity index (χ1) is 19.6. The predicted molar refractivity (Wildman–Crippen MR) is 153 cm³/mol. The van der Waals surface area contributed by atoms with Gasteiger partial charge in [-0.1, -0.05) is 24.3 Å². The lowest BCUT2D eigenvalue weighted by Crippen LogP contribution is -2.40. The van der Waals surface area contributed by atoms with Gasteiger partial charge in [0.1, 0.15) is 28.5 Å². The Balaban J connectivity index is 1.02. The molecule has 3 fully saturated rings. The largest absolute Gasteiger partial charge is 0.490 e. The molecule has 2 aromatic carbocycles. The number of carboxylic acids is 1. The number of nitrogens with zero attached hydrogens (tertiary/aromatic N) is 2. The van der Waals surface area contributed by atoms with Gasteiger partial charge < -0.3 is 19.6 Å². The van der Waals surface area contributed by atoms with Crippen LogP contribution in [0.2, 0.25) is 0 Å². The molecule has 7 heteroatoms. The number of aromatic carboxylic acids is 1. The van der Waals surface area contributed by atoms with E-state index in [1.165, 1.54) is 32.2 Å². The van der Waals surface area contributed by atoms with Crippen molar-refractivity contribution >= 4 is 17.0 Å². The number of carbonyl (C=O) groups is 1. The van der Waals surface area contributed by atoms with Gasteiger partial charge in [-0.15, -0.1) is 0 Å². The molecule has 7 nitrogen and oxygen atoms in total. The van der Waals surface area contributed by atoms with E-state index in [0.29, 0.717) is 23.6 Å². The number of aromatic nitrogens is 2. The van der Waals surface area contributed by atoms with Crippen LogP contribution in [-0.2, 0) is 0 Å². The Bertz CT molecular complexity index is 1520. The van der Waals surface area contributed by atoms with E-state index in [0.717, 1.165) is 42.6 Å². The number of benzene rings is 2. The minimum absolute atomic E-state index is 0.0942. The highest BCUT2D eigenvalue weighted by molar-refractivity contribution is 5.91. The number of aromatic amines is 1. The number of nitrogens with one attached hydrogen (secondary N) is 1. The van der Waals surface area contributed by atoms with Crippen LogP contribution in [0, 0.1) is 0 Å². The SMILES string of the molecule is O=C(O)c1ccc(OC2CCC(N3CCCC3c3ccccc3C3CC3)CC2)cc1Oc1cnc2[nH]ccc2c1. The standard InChI is InChI=1S/C33H35N3O4/c37-33(38)29-14-13-25(19-31(29)40-26-18-22-15-16-34-32(22)35-20-26)39-24-11-9-23(10-12-24)36-17-3-6-30(36)28-5-2-1-4-27(28)21-7-8-21/h1-2,4-5,13-16,18-21,23-24,30H,3,6-12,17H2,(H,34,35)(H,37,38). The molecule has 0 radical (unpaired) electrons. The third kappa shape index (κ3) is 5.06. The Hall–Kier alpha value is -3.84. The maximum atomic E-state index is 11.9. The fraction of sp³-hybridized carbons (Fsp3) is 0.394. The molecule has 1 saturated heterocycles. The summed E-state index contributed by atoms with van der Waals surface area (Å²) in [6.45, 7) is 1.18. The van der Waals surface area contributed by atoms with Gasteiger partial charge in [-0.2, -0.15) is 0 Å². The van der Waals surface area contributed by atoms with Gasteiger partial charge in [-0.3, -0.25) is 4.90 Å². The molecule has 7 rings (SSSR count). The van der Waals surface area contributed by atoms with Crippen molar-refractivity contribution in [1.82, 2.24) is 14.9 Å². The van der Waals surface area contributed by atoms with Crippen molar-refractivity contribution in [3.05, 3.63) is 83.7 Å². The van der Waals surface area contributed by atoms with Crippen molar-refractivity contribution < 1.29 is 19.4 Å². The van der Waals surface area contributed by atoms with Gasteiger partial charge in [0.15, 0.2) is 0 Å². The number of ether oxygens (including phenoxy) is 2. The quantitative estimate of drug-likeness (QED) is 0.243. The zero-order chi connectivity index (χ0) is 27.1. The maximum Gasteiger partial charge on any atom is 0.339 e. The Labute approximate surface area is 234 Å². The molecule has 1 atom stereocenters. The van der Waals surface area contributed by atoms with Gasteiger partial charge in [0.25, 0.3) is 0 Å². The molecule has 2 aromatic heterocycles. The number of rotatable bonds is 8. The van der Waals surface area contributed by atoms with Gasteiger partial charge in [-0.05, 0) is 99.2 Å². The number of likely N-dealkylation sites (tertiary alicyclic amines) is 1. The summed E-state index contributed by atoms with van der Waals surface area (Å²) in [4.78, 5) is 22.1. The third-order valence-electron chi connectivity index (χ3n) is 8.87. The van der Waals surface area contributed by atoms with Crippen LogP contribution < -0.4 is 9.47 Å². The summed E-state index contributed by atoms with van der Waals surface area (Å²) in [6, 6.07) is 19.0. The Morgan fingerprint density at radius 1 is 0.925 bits per heavy atom. The molecule has 40 heavy (non-hydrogen) atoms. The number of fused-ring (bicyclic) bond motifs is 1. The van der Waals surface area contributed by atoms with Gasteiger partial charge in [0.05, 0.1) is 12.3 Å². The lowest BCUT2D eigenvalue weighted by atomic mass is 9.89. The highest BCUT2D eigenvalue weighted by atomic mass is 16.5. The summed E-state index contributed by atoms with van der Waals surface area (Å²) >= 11 is 0. The van der Waals surface area contributed by atoms with E-state index in [1.807, 2.05) is 18.3 Å². The Morgan fingerprint density at radius 3 is 2.55 bits per heavy atom. The molecule has 0 amide bonds. The zero-order valence-electron chi connectivity index (χ0n) is 22.6. The molecule has 4 aromatic rings.